The SMILES string of the molecule is CCS(=O)(=O)N1c2ccc(OC3CCN(C(C)=N)CC3)cc2CC1/C(C)=C/c1cccc(C(=N)N)c1. The molecule has 1 unspecified atom stereocenters. The number of ether oxygens (including phenoxy) is 1. The normalized spacial score (nSPS) is 18.8. The molecule has 4 N–H and O–H groups in total. The lowest BCUT2D eigenvalue weighted by atomic mass is 10.0. The number of anilines is 1. The molecule has 0 aromatic heterocycles. The molecule has 2 aromatic carbocycles. The van der Waals surface area contributed by atoms with E-state index in [9.17, 15) is 8.42 Å². The van der Waals surface area contributed by atoms with Gasteiger partial charge >= 0.3 is 0 Å². The Morgan fingerprint density at radius 1 is 1.14 bits per heavy atom. The molecule has 192 valence electrons. The van der Waals surface area contributed by atoms with Crippen molar-refractivity contribution in [3.05, 3.63) is 64.7 Å². The number of sulfonamides is 1. The van der Waals surface area contributed by atoms with Gasteiger partial charge in [-0.2, -0.15) is 0 Å². The fraction of sp³-hybridized carbons (Fsp3) is 0.407. The van der Waals surface area contributed by atoms with Gasteiger partial charge in [0.05, 0.1) is 23.3 Å². The predicted octanol–water partition coefficient (Wildman–Crippen LogP) is 4.00. The molecule has 9 heteroatoms. The summed E-state index contributed by atoms with van der Waals surface area (Å²) in [7, 11) is -3.50. The summed E-state index contributed by atoms with van der Waals surface area (Å²) in [6.07, 6.45) is 4.33. The lowest BCUT2D eigenvalue weighted by Crippen LogP contribution is -2.40. The predicted molar refractivity (Wildman–Crippen MR) is 146 cm³/mol. The van der Waals surface area contributed by atoms with Crippen LogP contribution in [0.15, 0.2) is 48.0 Å². The Labute approximate surface area is 213 Å². The first-order valence-corrected chi connectivity index (χ1v) is 13.9. The van der Waals surface area contributed by atoms with E-state index in [0.29, 0.717) is 23.5 Å². The number of likely N-dealkylation sites (tertiary alicyclic amines) is 1. The number of hydrogen-bond donors (Lipinski definition) is 3. The summed E-state index contributed by atoms with van der Waals surface area (Å²) >= 11 is 0. The molecule has 0 radical (unpaired) electrons. The molecule has 2 aliphatic rings. The van der Waals surface area contributed by atoms with Crippen LogP contribution in [0.4, 0.5) is 5.69 Å². The molecule has 1 fully saturated rings. The minimum atomic E-state index is -3.50. The van der Waals surface area contributed by atoms with E-state index < -0.39 is 10.0 Å². The van der Waals surface area contributed by atoms with Gasteiger partial charge in [0.1, 0.15) is 17.7 Å². The van der Waals surface area contributed by atoms with E-state index in [-0.39, 0.29) is 23.7 Å². The van der Waals surface area contributed by atoms with E-state index in [0.717, 1.165) is 48.4 Å². The van der Waals surface area contributed by atoms with Gasteiger partial charge in [0, 0.05) is 31.5 Å². The van der Waals surface area contributed by atoms with Gasteiger partial charge < -0.3 is 15.4 Å². The highest BCUT2D eigenvalue weighted by Crippen LogP contribution is 2.40. The molecule has 0 spiro atoms. The van der Waals surface area contributed by atoms with E-state index in [4.69, 9.17) is 21.3 Å². The molecule has 2 aromatic rings. The maximum Gasteiger partial charge on any atom is 0.235 e. The lowest BCUT2D eigenvalue weighted by molar-refractivity contribution is 0.130. The summed E-state index contributed by atoms with van der Waals surface area (Å²) in [6, 6.07) is 12.8. The first kappa shape index (κ1) is 25.8. The number of rotatable bonds is 7. The second kappa shape index (κ2) is 10.3. The Morgan fingerprint density at radius 2 is 1.86 bits per heavy atom. The Balaban J connectivity index is 1.59. The second-order valence-electron chi connectivity index (χ2n) is 9.52. The maximum absolute atomic E-state index is 13.2. The molecule has 8 nitrogen and oxygen atoms in total. The average molecular weight is 510 g/mol. The van der Waals surface area contributed by atoms with Crippen molar-refractivity contribution in [3.63, 3.8) is 0 Å². The zero-order chi connectivity index (χ0) is 26.0. The number of nitrogens with zero attached hydrogens (tertiary/aromatic N) is 2. The highest BCUT2D eigenvalue weighted by atomic mass is 32.2. The van der Waals surface area contributed by atoms with Gasteiger partial charge in [-0.3, -0.25) is 15.1 Å². The van der Waals surface area contributed by atoms with E-state index in [1.54, 1.807) is 17.3 Å². The zero-order valence-corrected chi connectivity index (χ0v) is 21.9. The number of hydrogen-bond acceptors (Lipinski definition) is 5. The number of amidine groups is 2. The molecular weight excluding hydrogens is 474 g/mol. The Morgan fingerprint density at radius 3 is 2.50 bits per heavy atom. The maximum atomic E-state index is 13.2. The summed E-state index contributed by atoms with van der Waals surface area (Å²) in [6.45, 7) is 7.05. The minimum Gasteiger partial charge on any atom is -0.490 e. The first-order chi connectivity index (χ1) is 17.1. The average Bonchev–Trinajstić information content (AvgIpc) is 3.24. The molecule has 0 amide bonds. The highest BCUT2D eigenvalue weighted by molar-refractivity contribution is 7.92. The highest BCUT2D eigenvalue weighted by Gasteiger charge is 2.38. The van der Waals surface area contributed by atoms with Gasteiger partial charge in [-0.1, -0.05) is 24.3 Å². The van der Waals surface area contributed by atoms with E-state index >= 15 is 0 Å². The number of nitrogens with two attached hydrogens (primary N) is 1. The molecular formula is C27H35N5O3S. The van der Waals surface area contributed by atoms with Gasteiger partial charge in [0.2, 0.25) is 10.0 Å². The van der Waals surface area contributed by atoms with Crippen LogP contribution in [0.25, 0.3) is 6.08 Å². The van der Waals surface area contributed by atoms with Crippen molar-refractivity contribution >= 4 is 33.5 Å². The van der Waals surface area contributed by atoms with Gasteiger partial charge in [-0.05, 0) is 68.2 Å². The van der Waals surface area contributed by atoms with Crippen LogP contribution in [-0.4, -0.2) is 56.0 Å². The van der Waals surface area contributed by atoms with Crippen molar-refractivity contribution < 1.29 is 13.2 Å². The Kier molecular flexibility index (Phi) is 7.40. The third-order valence-electron chi connectivity index (χ3n) is 6.99. The molecule has 0 bridgehead atoms. The van der Waals surface area contributed by atoms with Crippen molar-refractivity contribution in [1.29, 1.82) is 10.8 Å². The first-order valence-electron chi connectivity index (χ1n) is 12.3. The van der Waals surface area contributed by atoms with Crippen molar-refractivity contribution in [2.75, 3.05) is 23.1 Å². The fourth-order valence-corrected chi connectivity index (χ4v) is 6.34. The van der Waals surface area contributed by atoms with Gasteiger partial charge in [-0.15, -0.1) is 0 Å². The van der Waals surface area contributed by atoms with Crippen LogP contribution in [0, 0.1) is 10.8 Å². The summed E-state index contributed by atoms with van der Waals surface area (Å²) in [4.78, 5) is 2.06. The topological polar surface area (TPSA) is 124 Å². The van der Waals surface area contributed by atoms with Crippen molar-refractivity contribution in [3.8, 4) is 5.75 Å². The molecule has 1 atom stereocenters. The van der Waals surface area contributed by atoms with Crippen LogP contribution in [0.2, 0.25) is 0 Å². The monoisotopic (exact) mass is 509 g/mol. The molecule has 2 heterocycles. The zero-order valence-electron chi connectivity index (χ0n) is 21.1. The molecule has 0 saturated carbocycles. The minimum absolute atomic E-state index is 0.00229. The quantitative estimate of drug-likeness (QED) is 0.385. The van der Waals surface area contributed by atoms with Crippen molar-refractivity contribution in [2.45, 2.75) is 52.2 Å². The van der Waals surface area contributed by atoms with Crippen LogP contribution in [-0.2, 0) is 16.4 Å². The van der Waals surface area contributed by atoms with Crippen LogP contribution in [0.3, 0.4) is 0 Å². The molecule has 0 aliphatic carbocycles. The molecule has 4 rings (SSSR count). The summed E-state index contributed by atoms with van der Waals surface area (Å²) < 4.78 is 34.2. The smallest absolute Gasteiger partial charge is 0.235 e. The Hall–Kier alpha value is -3.33. The molecule has 2 aliphatic heterocycles. The molecule has 1 saturated heterocycles. The standard InChI is InChI=1S/C27H35N5O3S/c1-4-36(33,34)32-25-9-8-24(35-23-10-12-31(13-11-23)19(3)28)16-22(25)17-26(32)18(2)14-20-6-5-7-21(15-20)27(29)30/h5-9,14-16,23,26,28H,4,10-13,17H2,1-3H3,(H3,29,30)/b18-14+,28-19?. The largest absolute Gasteiger partial charge is 0.490 e. The van der Waals surface area contributed by atoms with Crippen LogP contribution in [0.5, 0.6) is 5.75 Å². The summed E-state index contributed by atoms with van der Waals surface area (Å²) in [5.74, 6) is 1.35. The summed E-state index contributed by atoms with van der Waals surface area (Å²) in [5.41, 5.74) is 9.72. The summed E-state index contributed by atoms with van der Waals surface area (Å²) in [5, 5.41) is 15.5. The third-order valence-corrected chi connectivity index (χ3v) is 8.77. The molecule has 36 heavy (non-hydrogen) atoms. The number of benzene rings is 2. The number of nitrogen functional groups attached to an aromatic ring is 1. The van der Waals surface area contributed by atoms with Gasteiger partial charge in [-0.25, -0.2) is 8.42 Å². The van der Waals surface area contributed by atoms with E-state index in [2.05, 4.69) is 4.90 Å². The van der Waals surface area contributed by atoms with Gasteiger partial charge in [0.25, 0.3) is 0 Å². The van der Waals surface area contributed by atoms with Crippen LogP contribution in [0.1, 0.15) is 50.3 Å². The van der Waals surface area contributed by atoms with E-state index in [1.807, 2.05) is 56.3 Å². The second-order valence-corrected chi connectivity index (χ2v) is 11.7. The van der Waals surface area contributed by atoms with Crippen LogP contribution < -0.4 is 14.8 Å². The van der Waals surface area contributed by atoms with Crippen molar-refractivity contribution in [2.24, 2.45) is 5.73 Å². The third kappa shape index (κ3) is 5.41. The Bertz CT molecular complexity index is 1300. The number of fused-ring (bicyclic) bond motifs is 1. The van der Waals surface area contributed by atoms with Crippen molar-refractivity contribution in [1.82, 2.24) is 4.90 Å². The fourth-order valence-electron chi connectivity index (χ4n) is 4.96. The lowest BCUT2D eigenvalue weighted by Gasteiger charge is -2.33. The van der Waals surface area contributed by atoms with E-state index in [1.165, 1.54) is 0 Å². The number of piperidine rings is 1. The number of nitrogens with one attached hydrogen (secondary N) is 2. The van der Waals surface area contributed by atoms with Crippen LogP contribution >= 0.6 is 0 Å². The van der Waals surface area contributed by atoms with Gasteiger partial charge in [0.15, 0.2) is 0 Å².